The lowest BCUT2D eigenvalue weighted by Gasteiger charge is -2.28. The van der Waals surface area contributed by atoms with Crippen molar-refractivity contribution in [3.63, 3.8) is 0 Å². The molecule has 1 atom stereocenters. The highest BCUT2D eigenvalue weighted by atomic mass is 16.4. The van der Waals surface area contributed by atoms with Crippen LogP contribution in [0.3, 0.4) is 0 Å². The standard InChI is InChI=1S/C13H21N3O5/c1-12(2,3)8(9(18)19)14-7(17)6-16-10(20)13(4,5)15-11(16)21/h8H,6H2,1-5H3,(H,14,17)(H,15,21)(H,18,19). The highest BCUT2D eigenvalue weighted by molar-refractivity contribution is 6.08. The predicted molar refractivity (Wildman–Crippen MR) is 73.3 cm³/mol. The molecule has 0 spiro atoms. The maximum Gasteiger partial charge on any atom is 0.326 e. The molecular formula is C13H21N3O5. The molecule has 1 saturated heterocycles. The molecule has 21 heavy (non-hydrogen) atoms. The lowest BCUT2D eigenvalue weighted by molar-refractivity contribution is -0.145. The molecule has 1 fully saturated rings. The molecule has 0 aromatic carbocycles. The molecule has 0 aromatic heterocycles. The Kier molecular flexibility index (Phi) is 4.31. The number of hydrogen-bond acceptors (Lipinski definition) is 4. The Bertz CT molecular complexity index is 493. The second kappa shape index (κ2) is 5.34. The van der Waals surface area contributed by atoms with Gasteiger partial charge in [-0.1, -0.05) is 20.8 Å². The van der Waals surface area contributed by atoms with E-state index < -0.39 is 47.4 Å². The summed E-state index contributed by atoms with van der Waals surface area (Å²) >= 11 is 0. The average Bonchev–Trinajstić information content (AvgIpc) is 2.46. The fourth-order valence-electron chi connectivity index (χ4n) is 1.96. The molecule has 1 unspecified atom stereocenters. The zero-order valence-corrected chi connectivity index (χ0v) is 12.8. The van der Waals surface area contributed by atoms with Gasteiger partial charge in [-0.05, 0) is 19.3 Å². The third-order valence-corrected chi connectivity index (χ3v) is 3.16. The first-order valence-electron chi connectivity index (χ1n) is 6.52. The number of carbonyl (C=O) groups excluding carboxylic acids is 3. The summed E-state index contributed by atoms with van der Waals surface area (Å²) in [6.07, 6.45) is 0. The molecule has 8 nitrogen and oxygen atoms in total. The van der Waals surface area contributed by atoms with Crippen molar-refractivity contribution in [1.29, 1.82) is 0 Å². The van der Waals surface area contributed by atoms with Crippen molar-refractivity contribution in [1.82, 2.24) is 15.5 Å². The van der Waals surface area contributed by atoms with Crippen LogP contribution >= 0.6 is 0 Å². The van der Waals surface area contributed by atoms with E-state index in [1.54, 1.807) is 20.8 Å². The van der Waals surface area contributed by atoms with Crippen molar-refractivity contribution >= 4 is 23.8 Å². The number of nitrogens with zero attached hydrogens (tertiary/aromatic N) is 1. The highest BCUT2D eigenvalue weighted by Crippen LogP contribution is 2.20. The van der Waals surface area contributed by atoms with Crippen LogP contribution in [0.25, 0.3) is 0 Å². The molecule has 1 aliphatic heterocycles. The summed E-state index contributed by atoms with van der Waals surface area (Å²) in [4.78, 5) is 47.5. The van der Waals surface area contributed by atoms with Gasteiger partial charge >= 0.3 is 12.0 Å². The summed E-state index contributed by atoms with van der Waals surface area (Å²) in [7, 11) is 0. The van der Waals surface area contributed by atoms with Gasteiger partial charge in [0.1, 0.15) is 18.1 Å². The Morgan fingerprint density at radius 1 is 1.33 bits per heavy atom. The van der Waals surface area contributed by atoms with E-state index in [2.05, 4.69) is 10.6 Å². The molecule has 0 aromatic rings. The summed E-state index contributed by atoms with van der Waals surface area (Å²) in [6.45, 7) is 7.56. The molecule has 0 saturated carbocycles. The maximum atomic E-state index is 11.9. The van der Waals surface area contributed by atoms with Gasteiger partial charge in [-0.15, -0.1) is 0 Å². The third-order valence-electron chi connectivity index (χ3n) is 3.16. The smallest absolute Gasteiger partial charge is 0.326 e. The highest BCUT2D eigenvalue weighted by Gasteiger charge is 2.45. The molecule has 0 aliphatic carbocycles. The van der Waals surface area contributed by atoms with E-state index in [0.29, 0.717) is 0 Å². The number of imide groups is 1. The molecule has 8 heteroatoms. The Balaban J connectivity index is 2.76. The van der Waals surface area contributed by atoms with Crippen molar-refractivity contribution in [3.8, 4) is 0 Å². The van der Waals surface area contributed by atoms with E-state index in [1.807, 2.05) is 0 Å². The van der Waals surface area contributed by atoms with Crippen molar-refractivity contribution in [2.45, 2.75) is 46.2 Å². The monoisotopic (exact) mass is 299 g/mol. The lowest BCUT2D eigenvalue weighted by atomic mass is 9.87. The molecule has 0 bridgehead atoms. The van der Waals surface area contributed by atoms with Gasteiger partial charge < -0.3 is 15.7 Å². The summed E-state index contributed by atoms with van der Waals surface area (Å²) in [5.41, 5.74) is -1.76. The van der Waals surface area contributed by atoms with Crippen LogP contribution in [0.5, 0.6) is 0 Å². The van der Waals surface area contributed by atoms with Crippen LogP contribution < -0.4 is 10.6 Å². The van der Waals surface area contributed by atoms with Gasteiger partial charge in [0.05, 0.1) is 0 Å². The maximum absolute atomic E-state index is 11.9. The number of rotatable bonds is 4. The molecule has 1 aliphatic rings. The van der Waals surface area contributed by atoms with Gasteiger partial charge in [0, 0.05) is 0 Å². The largest absolute Gasteiger partial charge is 0.480 e. The van der Waals surface area contributed by atoms with E-state index in [-0.39, 0.29) is 0 Å². The molecule has 4 amide bonds. The van der Waals surface area contributed by atoms with Gasteiger partial charge in [-0.3, -0.25) is 14.5 Å². The van der Waals surface area contributed by atoms with Crippen LogP contribution in [0.4, 0.5) is 4.79 Å². The van der Waals surface area contributed by atoms with E-state index in [4.69, 9.17) is 5.11 Å². The van der Waals surface area contributed by atoms with E-state index in [9.17, 15) is 19.2 Å². The van der Waals surface area contributed by atoms with Crippen molar-refractivity contribution in [2.24, 2.45) is 5.41 Å². The van der Waals surface area contributed by atoms with Gasteiger partial charge in [0.2, 0.25) is 5.91 Å². The molecule has 3 N–H and O–H groups in total. The van der Waals surface area contributed by atoms with E-state index >= 15 is 0 Å². The first-order chi connectivity index (χ1) is 9.36. The lowest BCUT2D eigenvalue weighted by Crippen LogP contribution is -2.52. The summed E-state index contributed by atoms with van der Waals surface area (Å²) < 4.78 is 0. The first kappa shape index (κ1) is 16.9. The van der Waals surface area contributed by atoms with Gasteiger partial charge in [0.25, 0.3) is 5.91 Å². The van der Waals surface area contributed by atoms with Gasteiger partial charge in [-0.25, -0.2) is 9.59 Å². The average molecular weight is 299 g/mol. The van der Waals surface area contributed by atoms with Crippen LogP contribution in [-0.4, -0.2) is 51.9 Å². The van der Waals surface area contributed by atoms with Gasteiger partial charge in [-0.2, -0.15) is 0 Å². The quantitative estimate of drug-likeness (QED) is 0.629. The number of nitrogens with one attached hydrogen (secondary N) is 2. The fourth-order valence-corrected chi connectivity index (χ4v) is 1.96. The number of carboxylic acids is 1. The molecule has 1 rings (SSSR count). The van der Waals surface area contributed by atoms with Crippen LogP contribution in [-0.2, 0) is 14.4 Å². The second-order valence-corrected chi connectivity index (χ2v) is 6.65. The van der Waals surface area contributed by atoms with Crippen molar-refractivity contribution < 1.29 is 24.3 Å². The van der Waals surface area contributed by atoms with Crippen LogP contribution in [0, 0.1) is 5.41 Å². The Hall–Kier alpha value is -2.12. The molecule has 118 valence electrons. The van der Waals surface area contributed by atoms with Crippen LogP contribution in [0.1, 0.15) is 34.6 Å². The zero-order chi connectivity index (χ0) is 16.6. The van der Waals surface area contributed by atoms with Crippen LogP contribution in [0.2, 0.25) is 0 Å². The first-order valence-corrected chi connectivity index (χ1v) is 6.52. The number of urea groups is 1. The normalized spacial score (nSPS) is 19.2. The Morgan fingerprint density at radius 3 is 2.19 bits per heavy atom. The Labute approximate surface area is 122 Å². The predicted octanol–water partition coefficient (Wildman–Crippen LogP) is -0.0677. The van der Waals surface area contributed by atoms with E-state index in [1.165, 1.54) is 13.8 Å². The van der Waals surface area contributed by atoms with Crippen LogP contribution in [0.15, 0.2) is 0 Å². The number of hydrogen-bond donors (Lipinski definition) is 3. The van der Waals surface area contributed by atoms with E-state index in [0.717, 1.165) is 4.90 Å². The minimum atomic E-state index is -1.17. The second-order valence-electron chi connectivity index (χ2n) is 6.65. The molecule has 0 radical (unpaired) electrons. The minimum absolute atomic E-state index is 0.506. The zero-order valence-electron chi connectivity index (χ0n) is 12.8. The summed E-state index contributed by atoms with van der Waals surface area (Å²) in [6, 6.07) is -1.78. The Morgan fingerprint density at radius 2 is 1.86 bits per heavy atom. The molecule has 1 heterocycles. The SMILES string of the molecule is CC1(C)NC(=O)N(CC(=O)NC(C(=O)O)C(C)(C)C)C1=O. The third kappa shape index (κ3) is 3.71. The summed E-state index contributed by atoms with van der Waals surface area (Å²) in [5, 5.41) is 13.9. The fraction of sp³-hybridized carbons (Fsp3) is 0.692. The topological polar surface area (TPSA) is 116 Å². The van der Waals surface area contributed by atoms with Crippen molar-refractivity contribution in [3.05, 3.63) is 0 Å². The number of aliphatic carboxylic acids is 1. The molecular weight excluding hydrogens is 278 g/mol. The number of carboxylic acid groups (broad SMARTS) is 1. The number of carbonyl (C=O) groups is 4. The summed E-state index contributed by atoms with van der Waals surface area (Å²) in [5.74, 6) is -2.39. The van der Waals surface area contributed by atoms with Gasteiger partial charge in [0.15, 0.2) is 0 Å². The number of amides is 4. The van der Waals surface area contributed by atoms with Crippen molar-refractivity contribution in [2.75, 3.05) is 6.54 Å². The minimum Gasteiger partial charge on any atom is -0.480 e.